The molecule has 0 aromatic rings. The van der Waals surface area contributed by atoms with E-state index in [9.17, 15) is 19.8 Å². The minimum absolute atomic E-state index is 0.00539. The molecule has 0 rings (SSSR count). The highest BCUT2D eigenvalue weighted by Crippen LogP contribution is 2.19. The van der Waals surface area contributed by atoms with Crippen molar-refractivity contribution in [3.05, 3.63) is 48.6 Å². The largest absolute Gasteiger partial charge is 0.466 e. The third kappa shape index (κ3) is 70.9. The fourth-order valence-corrected chi connectivity index (χ4v) is 12.1. The van der Waals surface area contributed by atoms with E-state index in [0.29, 0.717) is 19.4 Å². The highest BCUT2D eigenvalue weighted by Gasteiger charge is 2.18. The molecule has 0 heterocycles. The van der Waals surface area contributed by atoms with Gasteiger partial charge >= 0.3 is 5.97 Å². The van der Waals surface area contributed by atoms with Gasteiger partial charge in [-0.1, -0.05) is 371 Å². The Morgan fingerprint density at radius 2 is 0.581 bits per heavy atom. The number of aliphatic hydroxyl groups excluding tert-OH is 2. The van der Waals surface area contributed by atoms with Gasteiger partial charge in [-0.3, -0.25) is 9.59 Å². The van der Waals surface area contributed by atoms with Crippen LogP contribution in [0.2, 0.25) is 0 Å². The molecule has 2 atom stereocenters. The summed E-state index contributed by atoms with van der Waals surface area (Å²) in [5, 5.41) is 23.3. The maximum atomic E-state index is 12.5. The minimum Gasteiger partial charge on any atom is -0.466 e. The van der Waals surface area contributed by atoms with Gasteiger partial charge < -0.3 is 20.3 Å². The van der Waals surface area contributed by atoms with E-state index >= 15 is 0 Å². The molecule has 2 unspecified atom stereocenters. The molecule has 0 saturated carbocycles. The van der Waals surface area contributed by atoms with E-state index < -0.39 is 12.1 Å². The summed E-state index contributed by atoms with van der Waals surface area (Å²) in [6.45, 7) is 4.93. The van der Waals surface area contributed by atoms with E-state index in [0.717, 1.165) is 51.4 Å². The summed E-state index contributed by atoms with van der Waals surface area (Å²) in [6.07, 6.45) is 99.3. The molecule has 3 N–H and O–H groups in total. The van der Waals surface area contributed by atoms with Crippen molar-refractivity contribution in [1.29, 1.82) is 0 Å². The molecule has 6 heteroatoms. The summed E-state index contributed by atoms with van der Waals surface area (Å²) in [4.78, 5) is 24.6. The quantitative estimate of drug-likeness (QED) is 0.0320. The zero-order chi connectivity index (χ0) is 62.0. The molecule has 86 heavy (non-hydrogen) atoms. The van der Waals surface area contributed by atoms with Gasteiger partial charge in [0.05, 0.1) is 25.4 Å². The topological polar surface area (TPSA) is 95.9 Å². The van der Waals surface area contributed by atoms with Gasteiger partial charge in [-0.2, -0.15) is 0 Å². The molecule has 506 valence electrons. The van der Waals surface area contributed by atoms with Crippen LogP contribution in [0.25, 0.3) is 0 Å². The van der Waals surface area contributed by atoms with Gasteiger partial charge in [0.1, 0.15) is 0 Å². The second kappa shape index (κ2) is 75.3. The number of hydrogen-bond acceptors (Lipinski definition) is 5. The van der Waals surface area contributed by atoms with Gasteiger partial charge in [-0.15, -0.1) is 0 Å². The van der Waals surface area contributed by atoms with Crippen molar-refractivity contribution in [2.45, 2.75) is 437 Å². The first kappa shape index (κ1) is 83.8. The minimum atomic E-state index is -0.846. The number of carbonyl (C=O) groups is 2. The van der Waals surface area contributed by atoms with Gasteiger partial charge in [-0.25, -0.2) is 0 Å². The number of ether oxygens (including phenoxy) is 1. The monoisotopic (exact) mass is 1210 g/mol. The number of aliphatic hydroxyl groups is 2. The number of allylic oxidation sites excluding steroid dienone is 7. The van der Waals surface area contributed by atoms with E-state index in [1.807, 2.05) is 6.08 Å². The smallest absolute Gasteiger partial charge is 0.305 e. The Balaban J connectivity index is 3.42. The lowest BCUT2D eigenvalue weighted by Crippen LogP contribution is -2.45. The molecule has 6 nitrogen and oxygen atoms in total. The van der Waals surface area contributed by atoms with Crippen molar-refractivity contribution >= 4 is 11.9 Å². The molecule has 0 saturated heterocycles. The molecule has 0 aromatic heterocycles. The summed E-state index contributed by atoms with van der Waals surface area (Å²) < 4.78 is 5.49. The maximum absolute atomic E-state index is 12.5. The van der Waals surface area contributed by atoms with Crippen LogP contribution < -0.4 is 5.32 Å². The van der Waals surface area contributed by atoms with Crippen molar-refractivity contribution in [2.24, 2.45) is 0 Å². The second-order valence-corrected chi connectivity index (χ2v) is 26.7. The molecule has 0 spiro atoms. The lowest BCUT2D eigenvalue weighted by atomic mass is 10.0. The third-order valence-electron chi connectivity index (χ3n) is 18.1. The van der Waals surface area contributed by atoms with Crippen molar-refractivity contribution in [3.8, 4) is 0 Å². The van der Waals surface area contributed by atoms with Gasteiger partial charge in [0, 0.05) is 12.8 Å². The van der Waals surface area contributed by atoms with E-state index in [2.05, 4.69) is 55.6 Å². The van der Waals surface area contributed by atoms with E-state index in [1.54, 1.807) is 6.08 Å². The zero-order valence-corrected chi connectivity index (χ0v) is 58.1. The molecule has 0 fully saturated rings. The summed E-state index contributed by atoms with van der Waals surface area (Å²) in [7, 11) is 0. The summed E-state index contributed by atoms with van der Waals surface area (Å²) >= 11 is 0. The first-order valence-corrected chi connectivity index (χ1v) is 38.9. The van der Waals surface area contributed by atoms with Crippen molar-refractivity contribution in [3.63, 3.8) is 0 Å². The molecule has 0 radical (unpaired) electrons. The summed E-state index contributed by atoms with van der Waals surface area (Å²) in [5.74, 6) is -0.0578. The summed E-state index contributed by atoms with van der Waals surface area (Å²) in [5.41, 5.74) is 0. The Bertz CT molecular complexity index is 1440. The van der Waals surface area contributed by atoms with Gasteiger partial charge in [0.25, 0.3) is 0 Å². The standard InChI is InChI=1S/C80H151NO5/c1-3-5-7-9-11-13-15-17-19-20-21-22-32-35-38-41-45-48-52-56-60-64-68-72-78(83)77(76-82)81-79(84)73-69-65-61-57-53-49-46-42-39-36-33-30-28-26-24-23-25-27-29-31-34-37-40-43-47-51-55-59-63-67-71-75-86-80(85)74-70-66-62-58-54-50-44-18-16-14-12-10-8-6-4-2/h18,25,27,31,34,44,68,72,77-78,82-83H,3-17,19-24,26,28-30,32-33,35-43,45-67,69-71,73-76H2,1-2H3,(H,81,84)/b27-25-,34-31-,44-18-,72-68+. The van der Waals surface area contributed by atoms with Crippen LogP contribution in [0.4, 0.5) is 0 Å². The van der Waals surface area contributed by atoms with Gasteiger partial charge in [0.15, 0.2) is 0 Å². The predicted molar refractivity (Wildman–Crippen MR) is 379 cm³/mol. The molecule has 0 aliphatic heterocycles. The first-order valence-electron chi connectivity index (χ1n) is 38.9. The second-order valence-electron chi connectivity index (χ2n) is 26.7. The van der Waals surface area contributed by atoms with Gasteiger partial charge in [-0.05, 0) is 89.9 Å². The number of nitrogens with one attached hydrogen (secondary N) is 1. The lowest BCUT2D eigenvalue weighted by Gasteiger charge is -2.20. The van der Waals surface area contributed by atoms with Gasteiger partial charge in [0.2, 0.25) is 5.91 Å². The third-order valence-corrected chi connectivity index (χ3v) is 18.1. The van der Waals surface area contributed by atoms with Crippen molar-refractivity contribution in [2.75, 3.05) is 13.2 Å². The first-order chi connectivity index (χ1) is 42.5. The van der Waals surface area contributed by atoms with E-state index in [-0.39, 0.29) is 18.5 Å². The number of unbranched alkanes of at least 4 members (excludes halogenated alkanes) is 56. The summed E-state index contributed by atoms with van der Waals surface area (Å²) in [6, 6.07) is -0.630. The zero-order valence-electron chi connectivity index (χ0n) is 58.1. The normalized spacial score (nSPS) is 12.7. The number of esters is 1. The average Bonchev–Trinajstić information content (AvgIpc) is 3.54. The lowest BCUT2D eigenvalue weighted by molar-refractivity contribution is -0.143. The van der Waals surface area contributed by atoms with Crippen LogP contribution in [0, 0.1) is 0 Å². The van der Waals surface area contributed by atoms with E-state index in [4.69, 9.17) is 4.74 Å². The maximum Gasteiger partial charge on any atom is 0.305 e. The fraction of sp³-hybridized carbons (Fsp3) is 0.875. The average molecular weight is 1210 g/mol. The van der Waals surface area contributed by atoms with Crippen LogP contribution in [0.15, 0.2) is 48.6 Å². The van der Waals surface area contributed by atoms with Crippen molar-refractivity contribution < 1.29 is 24.5 Å². The molecule has 0 bridgehead atoms. The number of hydrogen-bond donors (Lipinski definition) is 3. The van der Waals surface area contributed by atoms with Crippen molar-refractivity contribution in [1.82, 2.24) is 5.32 Å². The Labute approximate surface area is 537 Å². The Morgan fingerprint density at radius 3 is 0.895 bits per heavy atom. The van der Waals surface area contributed by atoms with Crippen LogP contribution in [0.3, 0.4) is 0 Å². The number of amides is 1. The van der Waals surface area contributed by atoms with Crippen LogP contribution in [-0.4, -0.2) is 47.4 Å². The van der Waals surface area contributed by atoms with Crippen LogP contribution >= 0.6 is 0 Å². The highest BCUT2D eigenvalue weighted by molar-refractivity contribution is 5.76. The molecule has 0 aliphatic carbocycles. The van der Waals surface area contributed by atoms with Crippen LogP contribution in [0.5, 0.6) is 0 Å². The fourth-order valence-electron chi connectivity index (χ4n) is 12.1. The van der Waals surface area contributed by atoms with Crippen LogP contribution in [0.1, 0.15) is 425 Å². The van der Waals surface area contributed by atoms with Crippen LogP contribution in [-0.2, 0) is 14.3 Å². The molecule has 1 amide bonds. The van der Waals surface area contributed by atoms with E-state index in [1.165, 1.54) is 347 Å². The number of rotatable bonds is 73. The predicted octanol–water partition coefficient (Wildman–Crippen LogP) is 25.6. The molecule has 0 aliphatic rings. The Hall–Kier alpha value is -2.18. The SMILES string of the molecule is CCCCCCCC/C=C\CCCCCCCC(=O)OCCCCCCCCCCC/C=C\C/C=C\CCCCCCCCCCCCCCCCCC(=O)NC(CO)C(O)/C=C/CCCCCCCCCCCCCCCCCCCCCCC. The Kier molecular flexibility index (Phi) is 73.4. The molecule has 0 aromatic carbocycles. The Morgan fingerprint density at radius 1 is 0.326 bits per heavy atom. The number of carbonyl (C=O) groups excluding carboxylic acids is 2. The molecular weight excluding hydrogens is 1050 g/mol. The highest BCUT2D eigenvalue weighted by atomic mass is 16.5. The molecular formula is C80H151NO5.